The number of carbonyl (C=O) groups excluding carboxylic acids is 1. The highest BCUT2D eigenvalue weighted by Crippen LogP contribution is 2.45. The summed E-state index contributed by atoms with van der Waals surface area (Å²) in [4.78, 5) is 11.6. The van der Waals surface area contributed by atoms with Crippen molar-refractivity contribution in [2.75, 3.05) is 0 Å². The van der Waals surface area contributed by atoms with Gasteiger partial charge in [-0.2, -0.15) is 5.26 Å². The number of carbonyl (C=O) groups is 1. The Hall–Kier alpha value is -1.34. The van der Waals surface area contributed by atoms with E-state index in [2.05, 4.69) is 6.07 Å². The lowest BCUT2D eigenvalue weighted by molar-refractivity contribution is -0.124. The molecule has 0 amide bonds. The Bertz CT molecular complexity index is 444. The van der Waals surface area contributed by atoms with Crippen LogP contribution in [0.3, 0.4) is 0 Å². The maximum absolute atomic E-state index is 12.9. The predicted octanol–water partition coefficient (Wildman–Crippen LogP) is 2.54. The maximum atomic E-state index is 12.9. The third-order valence-corrected chi connectivity index (χ3v) is 3.54. The van der Waals surface area contributed by atoms with Crippen molar-refractivity contribution in [2.24, 2.45) is 0 Å². The number of thioether (sulfide) groups is 1. The normalized spacial score (nSPS) is 18.0. The van der Waals surface area contributed by atoms with Gasteiger partial charge >= 0.3 is 0 Å². The first kappa shape index (κ1) is 10.2. The summed E-state index contributed by atoms with van der Waals surface area (Å²) in [5, 5.41) is 8.97. The molecule has 0 aliphatic heterocycles. The van der Waals surface area contributed by atoms with E-state index < -0.39 is 4.75 Å². The molecule has 4 heteroatoms. The van der Waals surface area contributed by atoms with E-state index in [1.807, 2.05) is 0 Å². The van der Waals surface area contributed by atoms with Crippen LogP contribution in [0.25, 0.3) is 0 Å². The largest absolute Gasteiger partial charge is 0.300 e. The molecule has 1 saturated carbocycles. The third kappa shape index (κ3) is 2.02. The van der Waals surface area contributed by atoms with E-state index >= 15 is 0 Å². The van der Waals surface area contributed by atoms with Gasteiger partial charge < -0.3 is 0 Å². The van der Waals surface area contributed by atoms with Crippen LogP contribution in [0.2, 0.25) is 0 Å². The molecule has 0 radical (unpaired) electrons. The Labute approximate surface area is 91.1 Å². The summed E-state index contributed by atoms with van der Waals surface area (Å²) >= 11 is 1.27. The molecule has 0 heterocycles. The van der Waals surface area contributed by atoms with Gasteiger partial charge in [0.2, 0.25) is 0 Å². The molecule has 1 aromatic carbocycles. The van der Waals surface area contributed by atoms with Crippen LogP contribution in [0.4, 0.5) is 4.39 Å². The molecule has 1 aliphatic rings. The van der Waals surface area contributed by atoms with Gasteiger partial charge in [0, 0.05) is 17.7 Å². The standard InChI is InChI=1S/C11H8FNOS/c12-8-2-1-3-10(4-8)15-11(7-13)5-9(14)6-11/h1-4H,5-6H2. The van der Waals surface area contributed by atoms with Crippen LogP contribution in [-0.2, 0) is 4.79 Å². The number of nitrogens with zero attached hydrogens (tertiary/aromatic N) is 1. The molecule has 2 rings (SSSR count). The van der Waals surface area contributed by atoms with Gasteiger partial charge in [-0.05, 0) is 18.2 Å². The molecule has 1 fully saturated rings. The fraction of sp³-hybridized carbons (Fsp3) is 0.273. The average molecular weight is 221 g/mol. The second kappa shape index (κ2) is 3.67. The number of hydrogen-bond donors (Lipinski definition) is 0. The number of benzene rings is 1. The van der Waals surface area contributed by atoms with E-state index in [1.165, 1.54) is 23.9 Å². The molecule has 0 unspecified atom stereocenters. The van der Waals surface area contributed by atoms with Crippen LogP contribution in [0.5, 0.6) is 0 Å². The molecule has 0 aromatic heterocycles. The zero-order valence-electron chi connectivity index (χ0n) is 7.87. The fourth-order valence-electron chi connectivity index (χ4n) is 1.52. The number of ketones is 1. The smallest absolute Gasteiger partial charge is 0.137 e. The van der Waals surface area contributed by atoms with Crippen molar-refractivity contribution in [3.8, 4) is 6.07 Å². The summed E-state index contributed by atoms with van der Waals surface area (Å²) in [6, 6.07) is 8.22. The van der Waals surface area contributed by atoms with E-state index in [9.17, 15) is 9.18 Å². The van der Waals surface area contributed by atoms with E-state index in [0.717, 1.165) is 0 Å². The molecule has 0 saturated heterocycles. The highest BCUT2D eigenvalue weighted by molar-refractivity contribution is 8.01. The molecule has 1 aromatic rings. The van der Waals surface area contributed by atoms with Gasteiger partial charge in [0.25, 0.3) is 0 Å². The first-order valence-electron chi connectivity index (χ1n) is 4.51. The van der Waals surface area contributed by atoms with Gasteiger partial charge in [0.15, 0.2) is 0 Å². The highest BCUT2D eigenvalue weighted by atomic mass is 32.2. The topological polar surface area (TPSA) is 40.9 Å². The molecule has 76 valence electrons. The van der Waals surface area contributed by atoms with Crippen molar-refractivity contribution in [2.45, 2.75) is 22.5 Å². The van der Waals surface area contributed by atoms with Gasteiger partial charge in [-0.25, -0.2) is 4.39 Å². The predicted molar refractivity (Wildman–Crippen MR) is 54.8 cm³/mol. The van der Waals surface area contributed by atoms with E-state index in [4.69, 9.17) is 5.26 Å². The zero-order valence-corrected chi connectivity index (χ0v) is 8.68. The number of rotatable bonds is 2. The summed E-state index contributed by atoms with van der Waals surface area (Å²) in [6.07, 6.45) is 0.537. The summed E-state index contributed by atoms with van der Waals surface area (Å²) in [5.41, 5.74) is 0. The Kier molecular flexibility index (Phi) is 2.49. The van der Waals surface area contributed by atoms with Crippen molar-refractivity contribution >= 4 is 17.5 Å². The molecule has 0 bridgehead atoms. The molecule has 2 nitrogen and oxygen atoms in total. The van der Waals surface area contributed by atoms with Crippen molar-refractivity contribution in [3.05, 3.63) is 30.1 Å². The van der Waals surface area contributed by atoms with E-state index in [-0.39, 0.29) is 24.4 Å². The minimum absolute atomic E-state index is 0.0976. The van der Waals surface area contributed by atoms with Crippen molar-refractivity contribution < 1.29 is 9.18 Å². The number of halogens is 1. The van der Waals surface area contributed by atoms with Crippen LogP contribution < -0.4 is 0 Å². The zero-order chi connectivity index (χ0) is 10.9. The highest BCUT2D eigenvalue weighted by Gasteiger charge is 2.45. The van der Waals surface area contributed by atoms with E-state index in [0.29, 0.717) is 4.90 Å². The monoisotopic (exact) mass is 221 g/mol. The van der Waals surface area contributed by atoms with Crippen LogP contribution in [0, 0.1) is 17.1 Å². The summed E-state index contributed by atoms with van der Waals surface area (Å²) < 4.78 is 12.2. The minimum Gasteiger partial charge on any atom is -0.300 e. The quantitative estimate of drug-likeness (QED) is 0.770. The van der Waals surface area contributed by atoms with E-state index in [1.54, 1.807) is 12.1 Å². The Morgan fingerprint density at radius 1 is 1.47 bits per heavy atom. The van der Waals surface area contributed by atoms with Crippen molar-refractivity contribution in [1.82, 2.24) is 0 Å². The van der Waals surface area contributed by atoms with Crippen LogP contribution in [-0.4, -0.2) is 10.5 Å². The second-order valence-corrected chi connectivity index (χ2v) is 5.01. The second-order valence-electron chi connectivity index (χ2n) is 3.56. The molecule has 15 heavy (non-hydrogen) atoms. The summed E-state index contributed by atoms with van der Waals surface area (Å²) in [6.45, 7) is 0. The molecular formula is C11H8FNOS. The SMILES string of the molecule is N#CC1(Sc2cccc(F)c2)CC(=O)C1. The minimum atomic E-state index is -0.662. The number of nitriles is 1. The van der Waals surface area contributed by atoms with Crippen molar-refractivity contribution in [3.63, 3.8) is 0 Å². The Morgan fingerprint density at radius 3 is 2.73 bits per heavy atom. The number of Topliss-reactive ketones (excluding diaryl/α,β-unsaturated/α-hetero) is 1. The third-order valence-electron chi connectivity index (χ3n) is 2.28. The lowest BCUT2D eigenvalue weighted by Crippen LogP contribution is -2.39. The number of hydrogen-bond acceptors (Lipinski definition) is 3. The molecule has 0 spiro atoms. The fourth-order valence-corrected chi connectivity index (χ4v) is 2.80. The van der Waals surface area contributed by atoms with Gasteiger partial charge in [0.1, 0.15) is 16.3 Å². The molecule has 0 N–H and O–H groups in total. The van der Waals surface area contributed by atoms with Crippen LogP contribution in [0.15, 0.2) is 29.2 Å². The van der Waals surface area contributed by atoms with Gasteiger partial charge in [-0.3, -0.25) is 4.79 Å². The van der Waals surface area contributed by atoms with Gasteiger partial charge in [0.05, 0.1) is 6.07 Å². The summed E-state index contributed by atoms with van der Waals surface area (Å²) in [7, 11) is 0. The Balaban J connectivity index is 2.15. The first-order valence-corrected chi connectivity index (χ1v) is 5.33. The first-order chi connectivity index (χ1) is 7.13. The molecular weight excluding hydrogens is 213 g/mol. The van der Waals surface area contributed by atoms with Gasteiger partial charge in [-0.1, -0.05) is 6.07 Å². The molecule has 0 atom stereocenters. The molecule has 1 aliphatic carbocycles. The maximum Gasteiger partial charge on any atom is 0.137 e. The summed E-state index contributed by atoms with van der Waals surface area (Å²) in [5.74, 6) is -0.223. The van der Waals surface area contributed by atoms with Crippen molar-refractivity contribution in [1.29, 1.82) is 5.26 Å². The lowest BCUT2D eigenvalue weighted by atomic mass is 9.84. The van der Waals surface area contributed by atoms with Crippen LogP contribution in [0.1, 0.15) is 12.8 Å². The lowest BCUT2D eigenvalue weighted by Gasteiger charge is -2.32. The van der Waals surface area contributed by atoms with Crippen LogP contribution >= 0.6 is 11.8 Å². The Morgan fingerprint density at radius 2 is 2.20 bits per heavy atom. The average Bonchev–Trinajstić information content (AvgIpc) is 2.15. The van der Waals surface area contributed by atoms with Gasteiger partial charge in [-0.15, -0.1) is 11.8 Å².